The number of aromatic nitrogens is 1. The molecule has 0 saturated heterocycles. The quantitative estimate of drug-likeness (QED) is 0.512. The minimum atomic E-state index is -3.80. The summed E-state index contributed by atoms with van der Waals surface area (Å²) in [6.45, 7) is 4.16. The third-order valence-corrected chi connectivity index (χ3v) is 5.48. The van der Waals surface area contributed by atoms with E-state index in [1.54, 1.807) is 24.3 Å². The lowest BCUT2D eigenvalue weighted by Crippen LogP contribution is -2.21. The van der Waals surface area contributed by atoms with Gasteiger partial charge in [0.1, 0.15) is 0 Å². The summed E-state index contributed by atoms with van der Waals surface area (Å²) in [6.07, 6.45) is 2.19. The molecule has 0 fully saturated rings. The Hall–Kier alpha value is -3.37. The van der Waals surface area contributed by atoms with E-state index in [9.17, 15) is 13.2 Å². The van der Waals surface area contributed by atoms with Crippen molar-refractivity contribution in [2.75, 3.05) is 26.2 Å². The maximum atomic E-state index is 12.0. The number of fused-ring (bicyclic) bond motifs is 1. The Balaban J connectivity index is 0.00000176. The molecule has 1 heterocycles. The van der Waals surface area contributed by atoms with Crippen molar-refractivity contribution in [3.8, 4) is 17.2 Å². The Morgan fingerprint density at radius 2 is 1.53 bits per heavy atom. The number of carbonyl (C=O) groups is 1. The van der Waals surface area contributed by atoms with Crippen molar-refractivity contribution in [1.29, 1.82) is 0 Å². The maximum absolute atomic E-state index is 12.0. The zero-order valence-corrected chi connectivity index (χ0v) is 19.5. The molecule has 9 nitrogen and oxygen atoms in total. The van der Waals surface area contributed by atoms with E-state index in [0.717, 1.165) is 0 Å². The molecular weight excluding hydrogens is 434 g/mol. The summed E-state index contributed by atoms with van der Waals surface area (Å²) in [7, 11) is 0.727. The predicted octanol–water partition coefficient (Wildman–Crippen LogP) is 3.10. The van der Waals surface area contributed by atoms with Crippen LogP contribution in [0.15, 0.2) is 47.5 Å². The average molecular weight is 462 g/mol. The van der Waals surface area contributed by atoms with Gasteiger partial charge in [-0.05, 0) is 23.8 Å². The van der Waals surface area contributed by atoms with Gasteiger partial charge in [-0.15, -0.1) is 0 Å². The lowest BCUT2D eigenvalue weighted by atomic mass is 10.1. The number of pyridine rings is 1. The molecule has 172 valence electrons. The molecule has 3 rings (SSSR count). The Morgan fingerprint density at radius 3 is 2.03 bits per heavy atom. The monoisotopic (exact) mass is 461 g/mol. The van der Waals surface area contributed by atoms with Gasteiger partial charge in [-0.25, -0.2) is 13.6 Å². The molecule has 0 aliphatic heterocycles. The van der Waals surface area contributed by atoms with Crippen molar-refractivity contribution in [2.24, 2.45) is 5.14 Å². The van der Waals surface area contributed by atoms with Gasteiger partial charge in [-0.3, -0.25) is 9.78 Å². The summed E-state index contributed by atoms with van der Waals surface area (Å²) in [5.41, 5.74) is 1.77. The van der Waals surface area contributed by atoms with E-state index >= 15 is 0 Å². The number of hydrogen-bond donors (Lipinski definition) is 1. The summed E-state index contributed by atoms with van der Waals surface area (Å²) in [5, 5.41) is 5.76. The number of anilines is 1. The second-order valence-corrected chi connectivity index (χ2v) is 7.88. The van der Waals surface area contributed by atoms with E-state index in [0.29, 0.717) is 45.8 Å². The zero-order chi connectivity index (χ0) is 23.9. The number of rotatable bonds is 8. The molecule has 0 bridgehead atoms. The first-order valence-corrected chi connectivity index (χ1v) is 11.3. The van der Waals surface area contributed by atoms with E-state index in [1.165, 1.54) is 44.6 Å². The zero-order valence-electron chi connectivity index (χ0n) is 18.7. The molecule has 1 amide bonds. The van der Waals surface area contributed by atoms with Gasteiger partial charge >= 0.3 is 0 Å². The number of benzene rings is 2. The fourth-order valence-corrected chi connectivity index (χ4v) is 3.60. The fourth-order valence-electron chi connectivity index (χ4n) is 3.08. The van der Waals surface area contributed by atoms with Crippen LogP contribution >= 0.6 is 0 Å². The summed E-state index contributed by atoms with van der Waals surface area (Å²) in [4.78, 5) is 17.8. The highest BCUT2D eigenvalue weighted by molar-refractivity contribution is 7.89. The lowest BCUT2D eigenvalue weighted by molar-refractivity contribution is -0.107. The van der Waals surface area contributed by atoms with Gasteiger partial charge in [-0.2, -0.15) is 0 Å². The molecule has 0 aliphatic rings. The van der Waals surface area contributed by atoms with Crippen LogP contribution in [-0.4, -0.2) is 41.1 Å². The Bertz CT molecular complexity index is 1180. The number of carbonyl (C=O) groups excluding carboxylic acids is 1. The summed E-state index contributed by atoms with van der Waals surface area (Å²) in [6, 6.07) is 9.40. The fraction of sp³-hybridized carbons (Fsp3) is 0.273. The molecule has 0 unspecified atom stereocenters. The summed E-state index contributed by atoms with van der Waals surface area (Å²) < 4.78 is 39.0. The van der Waals surface area contributed by atoms with Crippen LogP contribution in [0.25, 0.3) is 10.9 Å². The second-order valence-electron chi connectivity index (χ2n) is 6.32. The summed E-state index contributed by atoms with van der Waals surface area (Å²) >= 11 is 0. The Labute approximate surface area is 187 Å². The number of nitrogens with two attached hydrogens (primary N) is 1. The van der Waals surface area contributed by atoms with Crippen LogP contribution in [0, 0.1) is 0 Å². The SMILES string of the molecule is CC.COc1cc2ncc(OC)c(N(C=O)Cc3ccc(S(N)(=O)=O)cc3)c2cc1OC. The highest BCUT2D eigenvalue weighted by atomic mass is 32.2. The van der Waals surface area contributed by atoms with Gasteiger partial charge in [0.05, 0.1) is 50.2 Å². The highest BCUT2D eigenvalue weighted by Crippen LogP contribution is 2.40. The van der Waals surface area contributed by atoms with Crippen LogP contribution < -0.4 is 24.2 Å². The molecule has 0 aliphatic carbocycles. The van der Waals surface area contributed by atoms with Gasteiger partial charge in [-0.1, -0.05) is 26.0 Å². The molecule has 10 heteroatoms. The third kappa shape index (κ3) is 5.27. The average Bonchev–Trinajstić information content (AvgIpc) is 2.81. The number of ether oxygens (including phenoxy) is 3. The molecule has 0 saturated carbocycles. The molecule has 2 aromatic carbocycles. The van der Waals surface area contributed by atoms with Crippen LogP contribution in [0.1, 0.15) is 19.4 Å². The van der Waals surface area contributed by atoms with Crippen molar-refractivity contribution in [1.82, 2.24) is 4.98 Å². The largest absolute Gasteiger partial charge is 0.493 e. The van der Waals surface area contributed by atoms with Gasteiger partial charge in [0.15, 0.2) is 17.2 Å². The van der Waals surface area contributed by atoms with Crippen molar-refractivity contribution < 1.29 is 27.4 Å². The van der Waals surface area contributed by atoms with Crippen molar-refractivity contribution in [3.05, 3.63) is 48.2 Å². The van der Waals surface area contributed by atoms with Crippen LogP contribution in [-0.2, 0) is 21.4 Å². The van der Waals surface area contributed by atoms with Gasteiger partial charge in [0, 0.05) is 11.5 Å². The van der Waals surface area contributed by atoms with Crippen molar-refractivity contribution in [2.45, 2.75) is 25.3 Å². The van der Waals surface area contributed by atoms with Crippen molar-refractivity contribution in [3.63, 3.8) is 0 Å². The number of methoxy groups -OCH3 is 3. The lowest BCUT2D eigenvalue weighted by Gasteiger charge is -2.22. The Kier molecular flexibility index (Phi) is 8.39. The maximum Gasteiger partial charge on any atom is 0.238 e. The van der Waals surface area contributed by atoms with Gasteiger partial charge in [0.2, 0.25) is 16.4 Å². The topological polar surface area (TPSA) is 121 Å². The molecule has 1 aromatic heterocycles. The first-order valence-electron chi connectivity index (χ1n) is 9.74. The van der Waals surface area contributed by atoms with Gasteiger partial charge in [0.25, 0.3) is 0 Å². The third-order valence-electron chi connectivity index (χ3n) is 4.55. The van der Waals surface area contributed by atoms with E-state index in [4.69, 9.17) is 19.3 Å². The molecule has 0 atom stereocenters. The van der Waals surface area contributed by atoms with Crippen LogP contribution in [0.2, 0.25) is 0 Å². The Morgan fingerprint density at radius 1 is 0.969 bits per heavy atom. The van der Waals surface area contributed by atoms with Crippen LogP contribution in [0.4, 0.5) is 5.69 Å². The number of sulfonamides is 1. The first kappa shape index (κ1) is 24.9. The molecule has 32 heavy (non-hydrogen) atoms. The van der Waals surface area contributed by atoms with E-state index < -0.39 is 10.0 Å². The predicted molar refractivity (Wildman–Crippen MR) is 123 cm³/mol. The number of amides is 1. The highest BCUT2D eigenvalue weighted by Gasteiger charge is 2.20. The van der Waals surface area contributed by atoms with E-state index in [1.807, 2.05) is 13.8 Å². The molecule has 0 radical (unpaired) electrons. The normalized spacial score (nSPS) is 10.7. The first-order chi connectivity index (χ1) is 15.3. The van der Waals surface area contributed by atoms with Gasteiger partial charge < -0.3 is 19.1 Å². The molecular formula is C22H27N3O6S. The number of nitrogens with zero attached hydrogens (tertiary/aromatic N) is 2. The number of primary sulfonamides is 1. The minimum absolute atomic E-state index is 0.00678. The molecule has 2 N–H and O–H groups in total. The second kappa shape index (κ2) is 10.8. The smallest absolute Gasteiger partial charge is 0.238 e. The van der Waals surface area contributed by atoms with Crippen LogP contribution in [0.5, 0.6) is 17.2 Å². The molecule has 0 spiro atoms. The van der Waals surface area contributed by atoms with Crippen molar-refractivity contribution >= 4 is 33.0 Å². The standard InChI is InChI=1S/C20H21N3O6S.C2H6/c1-27-17-8-15-16(9-18(17)28-2)22-10-19(29-3)20(15)23(12-24)11-13-4-6-14(7-5-13)30(21,25)26;1-2/h4-10,12H,11H2,1-3H3,(H2,21,25,26);1-2H3. The number of hydrogen-bond acceptors (Lipinski definition) is 7. The molecule has 3 aromatic rings. The minimum Gasteiger partial charge on any atom is -0.493 e. The van der Waals surface area contributed by atoms with Crippen LogP contribution in [0.3, 0.4) is 0 Å². The van der Waals surface area contributed by atoms with E-state index in [-0.39, 0.29) is 11.4 Å². The summed E-state index contributed by atoms with van der Waals surface area (Å²) in [5.74, 6) is 1.37. The van der Waals surface area contributed by atoms with E-state index in [2.05, 4.69) is 4.98 Å².